The quantitative estimate of drug-likeness (QED) is 0.323. The number of anilines is 1. The van der Waals surface area contributed by atoms with Crippen LogP contribution in [-0.2, 0) is 10.0 Å². The summed E-state index contributed by atoms with van der Waals surface area (Å²) in [6.45, 7) is 8.79. The van der Waals surface area contributed by atoms with Crippen LogP contribution in [0.4, 0.5) is 10.1 Å². The topological polar surface area (TPSA) is 106 Å². The fourth-order valence-corrected chi connectivity index (χ4v) is 6.55. The Balaban J connectivity index is 1.38. The lowest BCUT2D eigenvalue weighted by Gasteiger charge is -2.36. The summed E-state index contributed by atoms with van der Waals surface area (Å²) in [5.74, 6) is -0.636. The van der Waals surface area contributed by atoms with Gasteiger partial charge in [0.1, 0.15) is 5.82 Å². The summed E-state index contributed by atoms with van der Waals surface area (Å²) in [5, 5.41) is 3.27. The molecule has 2 aromatic carbocycles. The van der Waals surface area contributed by atoms with Crippen molar-refractivity contribution in [3.05, 3.63) is 70.3 Å². The van der Waals surface area contributed by atoms with Crippen LogP contribution in [0.25, 0.3) is 10.9 Å². The average Bonchev–Trinajstić information content (AvgIpc) is 2.95. The third-order valence-corrected chi connectivity index (χ3v) is 9.28. The number of H-pyrrole nitrogens is 1. The second kappa shape index (κ2) is 13.4. The molecule has 4 rings (SSSR count). The second-order valence-electron chi connectivity index (χ2n) is 9.99. The number of piperazine rings is 1. The number of carbonyl (C=O) groups excluding carboxylic acids is 1. The van der Waals surface area contributed by atoms with Crippen molar-refractivity contribution in [3.63, 3.8) is 0 Å². The van der Waals surface area contributed by atoms with E-state index in [1.54, 1.807) is 19.1 Å². The number of benzene rings is 2. The minimum absolute atomic E-state index is 0.0913. The number of halogens is 1. The van der Waals surface area contributed by atoms with E-state index in [0.717, 1.165) is 45.6 Å². The third-order valence-electron chi connectivity index (χ3n) is 7.31. The molecule has 1 amide bonds. The van der Waals surface area contributed by atoms with Crippen molar-refractivity contribution in [2.24, 2.45) is 0 Å². The van der Waals surface area contributed by atoms with E-state index in [4.69, 9.17) is 0 Å². The number of carbonyl (C=O) groups is 1. The monoisotopic (exact) mass is 571 g/mol. The van der Waals surface area contributed by atoms with Crippen molar-refractivity contribution < 1.29 is 17.6 Å². The lowest BCUT2D eigenvalue weighted by Crippen LogP contribution is -2.47. The van der Waals surface area contributed by atoms with Gasteiger partial charge in [-0.3, -0.25) is 14.5 Å². The number of nitrogens with one attached hydrogen (secondary N) is 2. The number of aromatic amines is 1. The van der Waals surface area contributed by atoms with Crippen molar-refractivity contribution in [1.29, 1.82) is 0 Å². The molecule has 0 bridgehead atoms. The normalized spacial score (nSPS) is 14.7. The Bertz CT molecular complexity index is 1490. The number of hydrogen-bond acceptors (Lipinski definition) is 6. The van der Waals surface area contributed by atoms with Crippen molar-refractivity contribution in [2.45, 2.75) is 38.0 Å². The van der Waals surface area contributed by atoms with E-state index in [0.29, 0.717) is 42.6 Å². The number of sulfonamides is 1. The predicted octanol–water partition coefficient (Wildman–Crippen LogP) is 3.42. The highest BCUT2D eigenvalue weighted by Crippen LogP contribution is 2.24. The molecular weight excluding hydrogens is 533 g/mol. The highest BCUT2D eigenvalue weighted by Gasteiger charge is 2.24. The number of hydrogen-bond donors (Lipinski definition) is 2. The van der Waals surface area contributed by atoms with E-state index in [-0.39, 0.29) is 16.3 Å². The molecule has 0 radical (unpaired) electrons. The van der Waals surface area contributed by atoms with Crippen LogP contribution < -0.4 is 15.8 Å². The van der Waals surface area contributed by atoms with Crippen LogP contribution in [0.5, 0.6) is 0 Å². The van der Waals surface area contributed by atoms with Crippen LogP contribution >= 0.6 is 0 Å². The number of amides is 1. The van der Waals surface area contributed by atoms with Gasteiger partial charge in [0.25, 0.3) is 5.91 Å². The van der Waals surface area contributed by atoms with Crippen LogP contribution in [0, 0.1) is 5.82 Å². The second-order valence-corrected chi connectivity index (χ2v) is 11.9. The molecule has 0 aliphatic carbocycles. The fourth-order valence-electron chi connectivity index (χ4n) is 5.03. The zero-order valence-corrected chi connectivity index (χ0v) is 24.0. The standard InChI is InChI=1S/C29H38FN5O4S/c1-3-5-15-35(4-2)40(38,39)22-11-12-26-23(20-22)24(21-28(36)32-26)29(37)31-13-8-14-33-16-18-34(19-17-33)27-10-7-6-9-25(27)30/h6-7,9-12,20-21H,3-5,8,13-19H2,1-2H3,(H,31,37)(H,32,36). The lowest BCUT2D eigenvalue weighted by molar-refractivity contribution is 0.0953. The summed E-state index contributed by atoms with van der Waals surface area (Å²) in [5.41, 5.74) is 0.741. The predicted molar refractivity (Wildman–Crippen MR) is 156 cm³/mol. The van der Waals surface area contributed by atoms with Gasteiger partial charge < -0.3 is 15.2 Å². The maximum atomic E-state index is 14.1. The van der Waals surface area contributed by atoms with Crippen molar-refractivity contribution in [3.8, 4) is 0 Å². The summed E-state index contributed by atoms with van der Waals surface area (Å²) in [6, 6.07) is 12.5. The van der Waals surface area contributed by atoms with Crippen LogP contribution in [-0.4, -0.2) is 80.9 Å². The summed E-state index contributed by atoms with van der Waals surface area (Å²) >= 11 is 0. The summed E-state index contributed by atoms with van der Waals surface area (Å²) in [4.78, 5) is 32.5. The van der Waals surface area contributed by atoms with E-state index in [9.17, 15) is 22.4 Å². The minimum atomic E-state index is -3.75. The van der Waals surface area contributed by atoms with Gasteiger partial charge in [-0.1, -0.05) is 32.4 Å². The molecule has 3 aromatic rings. The first-order valence-electron chi connectivity index (χ1n) is 13.9. The number of aromatic nitrogens is 1. The summed E-state index contributed by atoms with van der Waals surface area (Å²) in [7, 11) is -3.75. The van der Waals surface area contributed by atoms with Gasteiger partial charge in [-0.25, -0.2) is 12.8 Å². The Morgan fingerprint density at radius 1 is 1.05 bits per heavy atom. The van der Waals surface area contributed by atoms with Crippen LogP contribution in [0.15, 0.2) is 58.2 Å². The van der Waals surface area contributed by atoms with Crippen molar-refractivity contribution in [2.75, 3.05) is 57.3 Å². The zero-order valence-electron chi connectivity index (χ0n) is 23.2. The number of unbranched alkanes of at least 4 members (excludes halogenated alkanes) is 1. The molecule has 1 fully saturated rings. The molecule has 216 valence electrons. The van der Waals surface area contributed by atoms with Gasteiger partial charge in [-0.15, -0.1) is 0 Å². The van der Waals surface area contributed by atoms with Crippen LogP contribution in [0.3, 0.4) is 0 Å². The molecule has 0 spiro atoms. The first kappa shape index (κ1) is 29.7. The Hall–Kier alpha value is -3.28. The first-order valence-corrected chi connectivity index (χ1v) is 15.4. The molecule has 2 heterocycles. The van der Waals surface area contributed by atoms with Gasteiger partial charge >= 0.3 is 0 Å². The molecule has 1 aliphatic rings. The average molecular weight is 572 g/mol. The highest BCUT2D eigenvalue weighted by molar-refractivity contribution is 7.89. The molecule has 9 nitrogen and oxygen atoms in total. The third kappa shape index (κ3) is 6.89. The number of pyridine rings is 1. The van der Waals surface area contributed by atoms with E-state index in [2.05, 4.69) is 15.2 Å². The molecule has 2 N–H and O–H groups in total. The molecular formula is C29H38FN5O4S. The minimum Gasteiger partial charge on any atom is -0.367 e. The smallest absolute Gasteiger partial charge is 0.252 e. The summed E-state index contributed by atoms with van der Waals surface area (Å²) < 4.78 is 42.0. The fraction of sp³-hybridized carbons (Fsp3) is 0.448. The van der Waals surface area contributed by atoms with Gasteiger partial charge in [0.05, 0.1) is 16.1 Å². The largest absolute Gasteiger partial charge is 0.367 e. The summed E-state index contributed by atoms with van der Waals surface area (Å²) in [6.07, 6.45) is 2.33. The zero-order chi connectivity index (χ0) is 28.7. The molecule has 40 heavy (non-hydrogen) atoms. The maximum Gasteiger partial charge on any atom is 0.252 e. The molecule has 1 aromatic heterocycles. The van der Waals surface area contributed by atoms with Crippen molar-refractivity contribution >= 4 is 32.5 Å². The molecule has 0 unspecified atom stereocenters. The van der Waals surface area contributed by atoms with E-state index >= 15 is 0 Å². The Labute approximate surface area is 235 Å². The van der Waals surface area contributed by atoms with Crippen LogP contribution in [0.2, 0.25) is 0 Å². The van der Waals surface area contributed by atoms with Gasteiger partial charge in [-0.2, -0.15) is 4.31 Å². The number of fused-ring (bicyclic) bond motifs is 1. The lowest BCUT2D eigenvalue weighted by atomic mass is 10.1. The molecule has 1 aliphatic heterocycles. The first-order chi connectivity index (χ1) is 19.2. The van der Waals surface area contributed by atoms with Gasteiger partial charge in [0, 0.05) is 62.8 Å². The molecule has 0 saturated carbocycles. The maximum absolute atomic E-state index is 14.1. The van der Waals surface area contributed by atoms with Gasteiger partial charge in [0.2, 0.25) is 15.6 Å². The number of nitrogens with zero attached hydrogens (tertiary/aromatic N) is 3. The number of rotatable bonds is 12. The molecule has 1 saturated heterocycles. The van der Waals surface area contributed by atoms with E-state index in [1.165, 1.54) is 34.6 Å². The van der Waals surface area contributed by atoms with Crippen molar-refractivity contribution in [1.82, 2.24) is 19.5 Å². The Morgan fingerprint density at radius 3 is 2.50 bits per heavy atom. The van der Waals surface area contributed by atoms with E-state index in [1.807, 2.05) is 17.9 Å². The Kier molecular flexibility index (Phi) is 9.94. The van der Waals surface area contributed by atoms with Crippen LogP contribution in [0.1, 0.15) is 43.5 Å². The van der Waals surface area contributed by atoms with Gasteiger partial charge in [-0.05, 0) is 49.7 Å². The molecule has 0 atom stereocenters. The number of para-hydroxylation sites is 1. The van der Waals surface area contributed by atoms with Gasteiger partial charge in [0.15, 0.2) is 0 Å². The van der Waals surface area contributed by atoms with E-state index < -0.39 is 21.5 Å². The Morgan fingerprint density at radius 2 is 1.80 bits per heavy atom. The SMILES string of the molecule is CCCCN(CC)S(=O)(=O)c1ccc2[nH]c(=O)cc(C(=O)NCCCN3CCN(c4ccccc4F)CC3)c2c1. The molecule has 11 heteroatoms. The highest BCUT2D eigenvalue weighted by atomic mass is 32.2.